The first-order chi connectivity index (χ1) is 7.43. The molecule has 0 unspecified atom stereocenters. The zero-order chi connectivity index (χ0) is 12.2. The van der Waals surface area contributed by atoms with Gasteiger partial charge in [-0.15, -0.1) is 0 Å². The highest BCUT2D eigenvalue weighted by atomic mass is 19.4. The number of rotatable bonds is 3. The second-order valence-corrected chi connectivity index (χ2v) is 2.83. The lowest BCUT2D eigenvalue weighted by molar-refractivity contribution is -0.141. The molecule has 1 N–H and O–H groups in total. The van der Waals surface area contributed by atoms with Gasteiger partial charge in [0.25, 0.3) is 0 Å². The number of carbonyl (C=O) groups is 1. The topological polar surface area (TPSA) is 70.7 Å². The minimum absolute atomic E-state index is 0.188. The van der Waals surface area contributed by atoms with Gasteiger partial charge in [-0.25, -0.2) is 0 Å². The first kappa shape index (κ1) is 12.0. The quantitative estimate of drug-likeness (QED) is 0.773. The Balaban J connectivity index is 2.60. The van der Waals surface area contributed by atoms with Crippen LogP contribution in [0, 0.1) is 11.3 Å². The number of carbonyl (C=O) groups excluding carboxylic acids is 1. The normalized spacial score (nSPS) is 10.9. The summed E-state index contributed by atoms with van der Waals surface area (Å²) in [6.45, 7) is -0.538. The van der Waals surface area contributed by atoms with E-state index >= 15 is 0 Å². The maximum absolute atomic E-state index is 12.1. The van der Waals surface area contributed by atoms with E-state index in [-0.39, 0.29) is 13.1 Å². The van der Waals surface area contributed by atoms with Crippen molar-refractivity contribution < 1.29 is 18.0 Å². The summed E-state index contributed by atoms with van der Waals surface area (Å²) in [6, 6.07) is 2.45. The largest absolute Gasteiger partial charge is 0.435 e. The van der Waals surface area contributed by atoms with Crippen LogP contribution in [0.1, 0.15) is 5.69 Å². The third-order valence-electron chi connectivity index (χ3n) is 1.60. The number of hydrogen-bond donors (Lipinski definition) is 1. The van der Waals surface area contributed by atoms with Crippen molar-refractivity contribution in [3.05, 3.63) is 18.0 Å². The molecule has 0 radical (unpaired) electrons. The molecule has 1 aromatic heterocycles. The molecule has 1 aromatic rings. The molecule has 8 heteroatoms. The fourth-order valence-corrected chi connectivity index (χ4v) is 0.942. The molecule has 1 heterocycles. The molecule has 1 rings (SSSR count). The van der Waals surface area contributed by atoms with E-state index in [9.17, 15) is 18.0 Å². The Morgan fingerprint density at radius 3 is 2.81 bits per heavy atom. The molecule has 0 fully saturated rings. The number of alkyl halides is 3. The van der Waals surface area contributed by atoms with Crippen LogP contribution in [0.3, 0.4) is 0 Å². The van der Waals surface area contributed by atoms with Gasteiger partial charge in [-0.2, -0.15) is 23.5 Å². The van der Waals surface area contributed by atoms with E-state index in [0.717, 1.165) is 16.9 Å². The zero-order valence-corrected chi connectivity index (χ0v) is 7.95. The number of amides is 1. The molecule has 0 aromatic carbocycles. The highest BCUT2D eigenvalue weighted by Crippen LogP contribution is 2.27. The van der Waals surface area contributed by atoms with Crippen molar-refractivity contribution in [3.63, 3.8) is 0 Å². The molecule has 0 saturated heterocycles. The van der Waals surface area contributed by atoms with Crippen molar-refractivity contribution in [1.82, 2.24) is 15.1 Å². The summed E-state index contributed by atoms with van der Waals surface area (Å²) in [5.74, 6) is -0.571. The lowest BCUT2D eigenvalue weighted by atomic mass is 10.4. The van der Waals surface area contributed by atoms with E-state index in [1.54, 1.807) is 6.07 Å². The van der Waals surface area contributed by atoms with Gasteiger partial charge in [0.2, 0.25) is 5.91 Å². The highest BCUT2D eigenvalue weighted by molar-refractivity contribution is 5.75. The molecule has 0 aliphatic heterocycles. The van der Waals surface area contributed by atoms with E-state index in [1.165, 1.54) is 0 Å². The minimum Gasteiger partial charge on any atom is -0.341 e. The van der Waals surface area contributed by atoms with Gasteiger partial charge in [0.15, 0.2) is 5.69 Å². The molecule has 0 aliphatic carbocycles. The summed E-state index contributed by atoms with van der Waals surface area (Å²) in [5.41, 5.74) is -1.06. The van der Waals surface area contributed by atoms with Gasteiger partial charge in [-0.05, 0) is 6.07 Å². The van der Waals surface area contributed by atoms with E-state index in [1.807, 2.05) is 0 Å². The third-order valence-corrected chi connectivity index (χ3v) is 1.60. The predicted molar refractivity (Wildman–Crippen MR) is 45.9 cm³/mol. The summed E-state index contributed by atoms with van der Waals surface area (Å²) in [6.07, 6.45) is -3.47. The smallest absolute Gasteiger partial charge is 0.341 e. The van der Waals surface area contributed by atoms with Crippen LogP contribution in [0.15, 0.2) is 12.3 Å². The molecule has 0 atom stereocenters. The molecule has 5 nitrogen and oxygen atoms in total. The number of aromatic nitrogens is 2. The zero-order valence-electron chi connectivity index (χ0n) is 7.95. The Kier molecular flexibility index (Phi) is 3.50. The van der Waals surface area contributed by atoms with Crippen molar-refractivity contribution in [2.24, 2.45) is 0 Å². The summed E-state index contributed by atoms with van der Waals surface area (Å²) in [5, 5.41) is 13.5. The maximum Gasteiger partial charge on any atom is 0.435 e. The number of nitriles is 1. The molecule has 0 aliphatic rings. The Hall–Kier alpha value is -2.04. The number of nitrogens with zero attached hydrogens (tertiary/aromatic N) is 3. The molecule has 86 valence electrons. The van der Waals surface area contributed by atoms with Gasteiger partial charge < -0.3 is 5.32 Å². The average Bonchev–Trinajstić information content (AvgIpc) is 2.62. The van der Waals surface area contributed by atoms with E-state index in [4.69, 9.17) is 5.26 Å². The van der Waals surface area contributed by atoms with Gasteiger partial charge in [0.1, 0.15) is 13.1 Å². The van der Waals surface area contributed by atoms with Gasteiger partial charge in [0.05, 0.1) is 6.07 Å². The van der Waals surface area contributed by atoms with Crippen LogP contribution in [0.5, 0.6) is 0 Å². The van der Waals surface area contributed by atoms with Gasteiger partial charge in [-0.1, -0.05) is 0 Å². The maximum atomic E-state index is 12.1. The van der Waals surface area contributed by atoms with Crippen LogP contribution in [-0.2, 0) is 17.5 Å². The number of halogens is 3. The van der Waals surface area contributed by atoms with Crippen molar-refractivity contribution >= 4 is 5.91 Å². The second-order valence-electron chi connectivity index (χ2n) is 2.83. The van der Waals surface area contributed by atoms with Crippen LogP contribution in [0.4, 0.5) is 13.2 Å². The van der Waals surface area contributed by atoms with Crippen molar-refractivity contribution in [2.45, 2.75) is 12.7 Å². The molecule has 0 spiro atoms. The Bertz CT molecular complexity index is 418. The monoisotopic (exact) mass is 232 g/mol. The van der Waals surface area contributed by atoms with Crippen molar-refractivity contribution in [2.75, 3.05) is 6.54 Å². The fraction of sp³-hybridized carbons (Fsp3) is 0.375. The van der Waals surface area contributed by atoms with E-state index < -0.39 is 17.8 Å². The lowest BCUT2D eigenvalue weighted by Gasteiger charge is -2.02. The molecule has 0 bridgehead atoms. The Morgan fingerprint density at radius 1 is 1.62 bits per heavy atom. The van der Waals surface area contributed by atoms with Crippen LogP contribution in [0.2, 0.25) is 0 Å². The van der Waals surface area contributed by atoms with E-state index in [2.05, 4.69) is 10.4 Å². The van der Waals surface area contributed by atoms with E-state index in [0.29, 0.717) is 0 Å². The number of hydrogen-bond acceptors (Lipinski definition) is 3. The third kappa shape index (κ3) is 3.27. The second kappa shape index (κ2) is 4.65. The van der Waals surface area contributed by atoms with Crippen LogP contribution in [-0.4, -0.2) is 22.2 Å². The van der Waals surface area contributed by atoms with Crippen LogP contribution < -0.4 is 5.32 Å². The molecule has 1 amide bonds. The predicted octanol–water partition coefficient (Wildman–Crippen LogP) is 0.542. The summed E-state index contributed by atoms with van der Waals surface area (Å²) < 4.78 is 37.2. The first-order valence-electron chi connectivity index (χ1n) is 4.18. The Morgan fingerprint density at radius 2 is 2.31 bits per heavy atom. The summed E-state index contributed by atoms with van der Waals surface area (Å²) in [4.78, 5) is 11.0. The van der Waals surface area contributed by atoms with Crippen LogP contribution in [0.25, 0.3) is 0 Å². The molecular formula is C8H7F3N4O. The number of nitrogens with one attached hydrogen (secondary N) is 1. The minimum atomic E-state index is -4.52. The van der Waals surface area contributed by atoms with Crippen molar-refractivity contribution in [3.8, 4) is 6.07 Å². The average molecular weight is 232 g/mol. The van der Waals surface area contributed by atoms with Crippen LogP contribution >= 0.6 is 0 Å². The molecule has 16 heavy (non-hydrogen) atoms. The first-order valence-corrected chi connectivity index (χ1v) is 4.18. The summed E-state index contributed by atoms with van der Waals surface area (Å²) in [7, 11) is 0. The van der Waals surface area contributed by atoms with Gasteiger partial charge in [0, 0.05) is 6.20 Å². The summed E-state index contributed by atoms with van der Waals surface area (Å²) >= 11 is 0. The fourth-order valence-electron chi connectivity index (χ4n) is 0.942. The highest BCUT2D eigenvalue weighted by Gasteiger charge is 2.33. The lowest BCUT2D eigenvalue weighted by Crippen LogP contribution is -2.28. The van der Waals surface area contributed by atoms with Gasteiger partial charge in [-0.3, -0.25) is 9.48 Å². The molecule has 0 saturated carbocycles. The Labute approximate surface area is 88.5 Å². The molecular weight excluding hydrogens is 225 g/mol. The van der Waals surface area contributed by atoms with Crippen molar-refractivity contribution in [1.29, 1.82) is 5.26 Å². The van der Waals surface area contributed by atoms with Gasteiger partial charge >= 0.3 is 6.18 Å². The standard InChI is InChI=1S/C8H7F3N4O/c9-8(10,11)6-1-4-15(14-6)5-7(16)13-3-2-12/h1,4H,3,5H2,(H,13,16). The SMILES string of the molecule is N#CCNC(=O)Cn1ccc(C(F)(F)F)n1.